The molecular weight excluding hydrogens is 542 g/mol. The number of carbonyl (C=O) groups excluding carboxylic acids is 3. The number of aryl methyl sites for hydroxylation is 2. The van der Waals surface area contributed by atoms with Crippen molar-refractivity contribution in [1.82, 2.24) is 10.2 Å². The first-order valence-corrected chi connectivity index (χ1v) is 14.5. The molecule has 3 aromatic carbocycles. The zero-order chi connectivity index (χ0) is 31.7. The van der Waals surface area contributed by atoms with Gasteiger partial charge in [0.05, 0.1) is 0 Å². The fraction of sp³-hybridized carbons (Fsp3) is 0.343. The van der Waals surface area contributed by atoms with Gasteiger partial charge in [0.15, 0.2) is 0 Å². The van der Waals surface area contributed by atoms with Crippen molar-refractivity contribution in [3.63, 3.8) is 0 Å². The number of phenolic OH excluding ortho intramolecular Hbond substituents is 1. The lowest BCUT2D eigenvalue weighted by Crippen LogP contribution is -2.53. The van der Waals surface area contributed by atoms with Crippen LogP contribution in [0.3, 0.4) is 0 Å². The summed E-state index contributed by atoms with van der Waals surface area (Å²) in [6, 6.07) is 17.5. The Labute approximate surface area is 254 Å². The number of phenols is 1. The zero-order valence-corrected chi connectivity index (χ0v) is 25.9. The maximum absolute atomic E-state index is 14.5. The van der Waals surface area contributed by atoms with Crippen LogP contribution in [0.2, 0.25) is 0 Å². The second kappa shape index (κ2) is 14.5. The monoisotopic (exact) mass is 585 g/mol. The van der Waals surface area contributed by atoms with E-state index < -0.39 is 29.7 Å². The lowest BCUT2D eigenvalue weighted by atomic mass is 9.98. The van der Waals surface area contributed by atoms with Crippen LogP contribution >= 0.6 is 0 Å². The van der Waals surface area contributed by atoms with Gasteiger partial charge in [-0.05, 0) is 87.1 Å². The lowest BCUT2D eigenvalue weighted by Gasteiger charge is -2.34. The zero-order valence-electron chi connectivity index (χ0n) is 25.9. The van der Waals surface area contributed by atoms with Crippen LogP contribution in [-0.2, 0) is 20.7 Å². The highest BCUT2D eigenvalue weighted by atomic mass is 16.6. The molecule has 2 unspecified atom stereocenters. The van der Waals surface area contributed by atoms with Crippen molar-refractivity contribution in [3.05, 3.63) is 101 Å². The molecule has 228 valence electrons. The topological polar surface area (TPSA) is 108 Å². The van der Waals surface area contributed by atoms with Gasteiger partial charge in [-0.15, -0.1) is 0 Å². The Morgan fingerprint density at radius 3 is 2.21 bits per heavy atom. The van der Waals surface area contributed by atoms with E-state index in [2.05, 4.69) is 17.2 Å². The van der Waals surface area contributed by atoms with Gasteiger partial charge < -0.3 is 25.4 Å². The van der Waals surface area contributed by atoms with Crippen LogP contribution in [0.25, 0.3) is 6.08 Å². The smallest absolute Gasteiger partial charge is 0.408 e. The van der Waals surface area contributed by atoms with Crippen LogP contribution < -0.4 is 10.6 Å². The third-order valence-electron chi connectivity index (χ3n) is 6.86. The van der Waals surface area contributed by atoms with E-state index in [1.54, 1.807) is 39.0 Å². The summed E-state index contributed by atoms with van der Waals surface area (Å²) < 4.78 is 5.49. The second-order valence-corrected chi connectivity index (χ2v) is 11.6. The van der Waals surface area contributed by atoms with E-state index in [9.17, 15) is 19.5 Å². The molecule has 3 N–H and O–H groups in total. The van der Waals surface area contributed by atoms with Crippen molar-refractivity contribution in [2.45, 2.75) is 72.1 Å². The van der Waals surface area contributed by atoms with Gasteiger partial charge in [0.25, 0.3) is 5.91 Å². The van der Waals surface area contributed by atoms with E-state index >= 15 is 0 Å². The van der Waals surface area contributed by atoms with Gasteiger partial charge in [-0.25, -0.2) is 4.79 Å². The Morgan fingerprint density at radius 1 is 1.00 bits per heavy atom. The number of hydrogen-bond donors (Lipinski definition) is 3. The molecule has 3 amide bonds. The van der Waals surface area contributed by atoms with E-state index in [0.717, 1.165) is 16.7 Å². The van der Waals surface area contributed by atoms with E-state index in [-0.39, 0.29) is 24.6 Å². The summed E-state index contributed by atoms with van der Waals surface area (Å²) >= 11 is 0. The van der Waals surface area contributed by atoms with Crippen molar-refractivity contribution in [1.29, 1.82) is 0 Å². The third-order valence-corrected chi connectivity index (χ3v) is 6.86. The molecule has 0 aliphatic carbocycles. The number of para-hydroxylation sites is 1. The third kappa shape index (κ3) is 9.20. The van der Waals surface area contributed by atoms with Gasteiger partial charge in [-0.2, -0.15) is 0 Å². The van der Waals surface area contributed by atoms with E-state index in [1.165, 1.54) is 17.0 Å². The number of nitrogens with one attached hydrogen (secondary N) is 2. The Balaban J connectivity index is 2.09. The average molecular weight is 586 g/mol. The normalized spacial score (nSPS) is 12.5. The molecule has 0 heterocycles. The van der Waals surface area contributed by atoms with Crippen molar-refractivity contribution in [2.24, 2.45) is 0 Å². The molecule has 8 nitrogen and oxygen atoms in total. The minimum Gasteiger partial charge on any atom is -0.508 e. The predicted octanol–water partition coefficient (Wildman–Crippen LogP) is 6.71. The number of alkyl carbamates (subject to hydrolysis) is 1. The summed E-state index contributed by atoms with van der Waals surface area (Å²) in [5, 5.41) is 15.6. The Morgan fingerprint density at radius 2 is 1.63 bits per heavy atom. The average Bonchev–Trinajstić information content (AvgIpc) is 2.94. The first-order valence-electron chi connectivity index (χ1n) is 14.5. The van der Waals surface area contributed by atoms with Gasteiger partial charge in [-0.1, -0.05) is 68.1 Å². The van der Waals surface area contributed by atoms with Crippen molar-refractivity contribution in [3.8, 4) is 5.75 Å². The van der Waals surface area contributed by atoms with Crippen LogP contribution in [-0.4, -0.2) is 46.1 Å². The number of ether oxygens (including phenoxy) is 1. The van der Waals surface area contributed by atoms with E-state index in [4.69, 9.17) is 4.74 Å². The molecule has 3 rings (SSSR count). The summed E-state index contributed by atoms with van der Waals surface area (Å²) in [6.07, 6.45) is 1.63. The van der Waals surface area contributed by atoms with Crippen molar-refractivity contribution in [2.75, 3.05) is 11.9 Å². The summed E-state index contributed by atoms with van der Waals surface area (Å²) in [5.74, 6) is -0.725. The molecule has 0 aliphatic heterocycles. The highest BCUT2D eigenvalue weighted by Gasteiger charge is 2.36. The van der Waals surface area contributed by atoms with Gasteiger partial charge in [0, 0.05) is 18.7 Å². The molecular formula is C35H43N3O5. The molecule has 0 spiro atoms. The number of amides is 3. The van der Waals surface area contributed by atoms with Gasteiger partial charge in [-0.3, -0.25) is 9.59 Å². The van der Waals surface area contributed by atoms with E-state index in [1.807, 2.05) is 63.2 Å². The van der Waals surface area contributed by atoms with E-state index in [0.29, 0.717) is 23.2 Å². The Hall–Kier alpha value is -4.59. The summed E-state index contributed by atoms with van der Waals surface area (Å²) in [5.41, 5.74) is 3.84. The number of rotatable bonds is 11. The van der Waals surface area contributed by atoms with Crippen LogP contribution in [0.15, 0.2) is 73.3 Å². The fourth-order valence-electron chi connectivity index (χ4n) is 4.86. The molecule has 3 aromatic rings. The van der Waals surface area contributed by atoms with Crippen molar-refractivity contribution < 1.29 is 24.2 Å². The number of carbonyl (C=O) groups is 3. The number of benzene rings is 3. The van der Waals surface area contributed by atoms with Gasteiger partial charge in [0.2, 0.25) is 5.91 Å². The Kier molecular flexibility index (Phi) is 11.1. The fourth-order valence-corrected chi connectivity index (χ4v) is 4.86. The highest BCUT2D eigenvalue weighted by Crippen LogP contribution is 2.28. The van der Waals surface area contributed by atoms with Gasteiger partial charge in [0.1, 0.15) is 23.4 Å². The maximum Gasteiger partial charge on any atom is 0.408 e. The predicted molar refractivity (Wildman–Crippen MR) is 171 cm³/mol. The molecule has 43 heavy (non-hydrogen) atoms. The molecule has 0 aromatic heterocycles. The van der Waals surface area contributed by atoms with Gasteiger partial charge >= 0.3 is 6.09 Å². The maximum atomic E-state index is 14.5. The first kappa shape index (κ1) is 32.9. The van der Waals surface area contributed by atoms with Crippen molar-refractivity contribution >= 4 is 29.7 Å². The molecule has 0 radical (unpaired) electrons. The minimum absolute atomic E-state index is 0.0877. The molecule has 0 aliphatic rings. The van der Waals surface area contributed by atoms with Crippen LogP contribution in [0.4, 0.5) is 10.5 Å². The molecule has 8 heteroatoms. The summed E-state index contributed by atoms with van der Waals surface area (Å²) in [6.45, 7) is 15.1. The second-order valence-electron chi connectivity index (χ2n) is 11.6. The Bertz CT molecular complexity index is 1420. The minimum atomic E-state index is -1.05. The lowest BCUT2D eigenvalue weighted by molar-refractivity contribution is -0.140. The number of aromatic hydroxyl groups is 1. The molecule has 0 fully saturated rings. The summed E-state index contributed by atoms with van der Waals surface area (Å²) in [4.78, 5) is 43.1. The number of nitrogens with zero attached hydrogens (tertiary/aromatic N) is 1. The summed E-state index contributed by atoms with van der Waals surface area (Å²) in [7, 11) is 0. The molecule has 0 bridgehead atoms. The van der Waals surface area contributed by atoms with Crippen LogP contribution in [0.5, 0.6) is 5.75 Å². The molecule has 0 saturated carbocycles. The standard InChI is InChI=1S/C35H43N3O5/c1-8-20-38(33(41)29(36-34(42)43-35(5,6)7)22-26-16-18-28(39)19-17-26)31(27-15-11-14-25(9-2)21-27)32(40)37-30-23(3)12-10-13-24(30)4/h9-19,21,29,31,39H,2,8,20,22H2,1,3-7H3,(H,36,42)(H,37,40). The highest BCUT2D eigenvalue weighted by molar-refractivity contribution is 6.00. The van der Waals surface area contributed by atoms with Crippen LogP contribution in [0, 0.1) is 13.8 Å². The van der Waals surface area contributed by atoms with Crippen LogP contribution in [0.1, 0.15) is 68.0 Å². The largest absolute Gasteiger partial charge is 0.508 e. The first-order chi connectivity index (χ1) is 20.3. The molecule has 2 atom stereocenters. The molecule has 0 saturated heterocycles. The number of anilines is 1. The quantitative estimate of drug-likeness (QED) is 0.232. The number of hydrogen-bond acceptors (Lipinski definition) is 5. The SMILES string of the molecule is C=Cc1cccc(C(C(=O)Nc2c(C)cccc2C)N(CCC)C(=O)C(Cc2ccc(O)cc2)NC(=O)OC(C)(C)C)c1.